The predicted octanol–water partition coefficient (Wildman–Crippen LogP) is 7.52. The summed E-state index contributed by atoms with van der Waals surface area (Å²) in [7, 11) is 0. The van der Waals surface area contributed by atoms with Crippen LogP contribution in [0.3, 0.4) is 0 Å². The zero-order valence-corrected chi connectivity index (χ0v) is 19.8. The average Bonchev–Trinajstić information content (AvgIpc) is 3.13. The van der Waals surface area contributed by atoms with E-state index in [0.29, 0.717) is 20.1 Å². The van der Waals surface area contributed by atoms with Crippen LogP contribution < -0.4 is 10.6 Å². The van der Waals surface area contributed by atoms with Gasteiger partial charge in [-0.05, 0) is 104 Å². The standard InChI is InChI=1S/2C12H13Cl2N/c2*13-11-6-10(7-12(14)8-11)9-2-1-4-15-5-3-9/h3,6-8,15H,1-2,4-5H2;2,6-8,15H,1,3-5H2. The van der Waals surface area contributed by atoms with Crippen LogP contribution in [0, 0.1) is 0 Å². The third kappa shape index (κ3) is 7.60. The maximum absolute atomic E-state index is 5.98. The summed E-state index contributed by atoms with van der Waals surface area (Å²) in [4.78, 5) is 0. The molecule has 0 atom stereocenters. The van der Waals surface area contributed by atoms with E-state index in [2.05, 4.69) is 22.8 Å². The van der Waals surface area contributed by atoms with E-state index < -0.39 is 0 Å². The first-order valence-corrected chi connectivity index (χ1v) is 11.7. The quantitative estimate of drug-likeness (QED) is 0.461. The summed E-state index contributed by atoms with van der Waals surface area (Å²) in [6.45, 7) is 4.08. The maximum atomic E-state index is 5.98. The molecule has 2 aliphatic rings. The average molecular weight is 484 g/mol. The summed E-state index contributed by atoms with van der Waals surface area (Å²) in [5, 5.41) is 9.51. The summed E-state index contributed by atoms with van der Waals surface area (Å²) in [6, 6.07) is 11.4. The van der Waals surface area contributed by atoms with Crippen LogP contribution in [0.25, 0.3) is 11.1 Å². The molecule has 0 unspecified atom stereocenters. The van der Waals surface area contributed by atoms with Crippen molar-refractivity contribution < 1.29 is 0 Å². The van der Waals surface area contributed by atoms with Crippen molar-refractivity contribution in [2.24, 2.45) is 0 Å². The van der Waals surface area contributed by atoms with Crippen LogP contribution in [0.1, 0.15) is 36.8 Å². The maximum Gasteiger partial charge on any atom is 0.0426 e. The van der Waals surface area contributed by atoms with Crippen LogP contribution in [0.2, 0.25) is 20.1 Å². The van der Waals surface area contributed by atoms with Gasteiger partial charge in [-0.25, -0.2) is 0 Å². The molecule has 0 fully saturated rings. The predicted molar refractivity (Wildman–Crippen MR) is 133 cm³/mol. The Morgan fingerprint density at radius 1 is 0.567 bits per heavy atom. The molecule has 2 heterocycles. The SMILES string of the molecule is Clc1cc(Cl)cc(C2=CCCNCC2)c1.Clc1cc(Cl)cc(C2=CCNCCC2)c1. The highest BCUT2D eigenvalue weighted by atomic mass is 35.5. The van der Waals surface area contributed by atoms with E-state index in [1.165, 1.54) is 11.1 Å². The molecule has 6 heteroatoms. The Hall–Kier alpha value is -1.00. The molecule has 0 aromatic heterocycles. The molecule has 30 heavy (non-hydrogen) atoms. The van der Waals surface area contributed by atoms with Crippen molar-refractivity contribution >= 4 is 57.5 Å². The van der Waals surface area contributed by atoms with Gasteiger partial charge in [-0.15, -0.1) is 0 Å². The highest BCUT2D eigenvalue weighted by Crippen LogP contribution is 2.28. The minimum Gasteiger partial charge on any atom is -0.316 e. The number of hydrogen-bond acceptors (Lipinski definition) is 2. The Morgan fingerprint density at radius 3 is 1.73 bits per heavy atom. The molecule has 0 amide bonds. The molecule has 0 saturated carbocycles. The van der Waals surface area contributed by atoms with Crippen LogP contribution in [0.5, 0.6) is 0 Å². The summed E-state index contributed by atoms with van der Waals surface area (Å²) in [5.41, 5.74) is 4.97. The van der Waals surface area contributed by atoms with Gasteiger partial charge in [-0.1, -0.05) is 58.6 Å². The Labute approximate surface area is 199 Å². The van der Waals surface area contributed by atoms with E-state index in [1.807, 2.05) is 24.3 Å². The zero-order valence-electron chi connectivity index (χ0n) is 16.8. The second-order valence-corrected chi connectivity index (χ2v) is 9.12. The lowest BCUT2D eigenvalue weighted by Crippen LogP contribution is -2.13. The lowest BCUT2D eigenvalue weighted by atomic mass is 10.0. The third-order valence-corrected chi connectivity index (χ3v) is 5.91. The summed E-state index contributed by atoms with van der Waals surface area (Å²) < 4.78 is 0. The summed E-state index contributed by atoms with van der Waals surface area (Å²) >= 11 is 23.9. The normalized spacial score (nSPS) is 17.1. The van der Waals surface area contributed by atoms with Crippen LogP contribution in [0.4, 0.5) is 0 Å². The minimum absolute atomic E-state index is 0.704. The molecule has 2 nitrogen and oxygen atoms in total. The molecular weight excluding hydrogens is 458 g/mol. The fourth-order valence-electron chi connectivity index (χ4n) is 3.60. The number of hydrogen-bond donors (Lipinski definition) is 2. The van der Waals surface area contributed by atoms with Crippen molar-refractivity contribution in [1.29, 1.82) is 0 Å². The summed E-state index contributed by atoms with van der Waals surface area (Å²) in [6.07, 6.45) is 8.84. The smallest absolute Gasteiger partial charge is 0.0426 e. The van der Waals surface area contributed by atoms with Crippen LogP contribution in [0.15, 0.2) is 48.6 Å². The van der Waals surface area contributed by atoms with Crippen molar-refractivity contribution in [1.82, 2.24) is 10.6 Å². The number of benzene rings is 2. The second kappa shape index (κ2) is 12.1. The molecule has 0 spiro atoms. The van der Waals surface area contributed by atoms with Gasteiger partial charge >= 0.3 is 0 Å². The number of nitrogens with one attached hydrogen (secondary N) is 2. The van der Waals surface area contributed by atoms with Gasteiger partial charge in [0.15, 0.2) is 0 Å². The molecule has 2 aromatic rings. The highest BCUT2D eigenvalue weighted by Gasteiger charge is 2.07. The molecule has 0 aliphatic carbocycles. The van der Waals surface area contributed by atoms with Crippen molar-refractivity contribution in [3.8, 4) is 0 Å². The lowest BCUT2D eigenvalue weighted by Gasteiger charge is -2.06. The third-order valence-electron chi connectivity index (χ3n) is 5.04. The summed E-state index contributed by atoms with van der Waals surface area (Å²) in [5.74, 6) is 0. The van der Waals surface area contributed by atoms with Gasteiger partial charge in [-0.3, -0.25) is 0 Å². The first kappa shape index (κ1) is 23.7. The van der Waals surface area contributed by atoms with Gasteiger partial charge in [-0.2, -0.15) is 0 Å². The molecule has 0 radical (unpaired) electrons. The molecule has 0 bridgehead atoms. The molecule has 2 aliphatic heterocycles. The second-order valence-electron chi connectivity index (χ2n) is 7.37. The van der Waals surface area contributed by atoms with E-state index in [-0.39, 0.29) is 0 Å². The first-order valence-electron chi connectivity index (χ1n) is 10.2. The van der Waals surface area contributed by atoms with Crippen molar-refractivity contribution in [3.05, 3.63) is 79.8 Å². The van der Waals surface area contributed by atoms with Gasteiger partial charge in [0.1, 0.15) is 0 Å². The fraction of sp³-hybridized carbons (Fsp3) is 0.333. The Balaban J connectivity index is 0.000000171. The largest absolute Gasteiger partial charge is 0.316 e. The number of halogens is 4. The van der Waals surface area contributed by atoms with E-state index in [9.17, 15) is 0 Å². The van der Waals surface area contributed by atoms with Crippen LogP contribution in [-0.2, 0) is 0 Å². The molecule has 0 saturated heterocycles. The van der Waals surface area contributed by atoms with Gasteiger partial charge < -0.3 is 10.6 Å². The lowest BCUT2D eigenvalue weighted by molar-refractivity contribution is 0.718. The van der Waals surface area contributed by atoms with Crippen molar-refractivity contribution in [3.63, 3.8) is 0 Å². The van der Waals surface area contributed by atoms with Gasteiger partial charge in [0.25, 0.3) is 0 Å². The molecule has 4 rings (SSSR count). The Kier molecular flexibility index (Phi) is 9.58. The Morgan fingerprint density at radius 2 is 1.13 bits per heavy atom. The van der Waals surface area contributed by atoms with Gasteiger partial charge in [0.05, 0.1) is 0 Å². The monoisotopic (exact) mass is 482 g/mol. The first-order chi connectivity index (χ1) is 14.5. The topological polar surface area (TPSA) is 24.1 Å². The van der Waals surface area contributed by atoms with Crippen LogP contribution >= 0.6 is 46.4 Å². The molecule has 160 valence electrons. The van der Waals surface area contributed by atoms with E-state index in [0.717, 1.165) is 63.0 Å². The number of allylic oxidation sites excluding steroid dienone is 1. The van der Waals surface area contributed by atoms with Crippen molar-refractivity contribution in [2.75, 3.05) is 26.2 Å². The molecular formula is C24H26Cl4N2. The van der Waals surface area contributed by atoms with E-state index in [1.54, 1.807) is 12.1 Å². The minimum atomic E-state index is 0.704. The Bertz CT molecular complexity index is 805. The molecule has 2 N–H and O–H groups in total. The van der Waals surface area contributed by atoms with Crippen molar-refractivity contribution in [2.45, 2.75) is 25.7 Å². The number of rotatable bonds is 2. The van der Waals surface area contributed by atoms with Gasteiger partial charge in [0.2, 0.25) is 0 Å². The van der Waals surface area contributed by atoms with Crippen LogP contribution in [-0.4, -0.2) is 26.2 Å². The fourth-order valence-corrected chi connectivity index (χ4v) is 4.66. The molecule has 2 aromatic carbocycles. The zero-order chi connectivity index (χ0) is 21.3. The van der Waals surface area contributed by atoms with Gasteiger partial charge in [0, 0.05) is 26.6 Å². The highest BCUT2D eigenvalue weighted by molar-refractivity contribution is 6.35. The van der Waals surface area contributed by atoms with E-state index in [4.69, 9.17) is 46.4 Å². The van der Waals surface area contributed by atoms with E-state index >= 15 is 0 Å².